The molecule has 0 radical (unpaired) electrons. The van der Waals surface area contributed by atoms with Gasteiger partial charge in [-0.2, -0.15) is 5.10 Å². The molecule has 0 unspecified atom stereocenters. The number of hydrogen-bond donors (Lipinski definition) is 1. The first-order valence-electron chi connectivity index (χ1n) is 8.97. The van der Waals surface area contributed by atoms with Gasteiger partial charge in [-0.1, -0.05) is 25.5 Å². The van der Waals surface area contributed by atoms with Gasteiger partial charge in [0.1, 0.15) is 5.82 Å². The van der Waals surface area contributed by atoms with Gasteiger partial charge >= 0.3 is 0 Å². The van der Waals surface area contributed by atoms with Gasteiger partial charge < -0.3 is 9.80 Å². The summed E-state index contributed by atoms with van der Waals surface area (Å²) in [4.78, 5) is 13.2. The van der Waals surface area contributed by atoms with Crippen LogP contribution in [0.1, 0.15) is 25.5 Å². The summed E-state index contributed by atoms with van der Waals surface area (Å²) in [7, 11) is 0. The van der Waals surface area contributed by atoms with E-state index in [0.29, 0.717) is 5.11 Å². The molecule has 0 bridgehead atoms. The average Bonchev–Trinajstić information content (AvgIpc) is 2.72. The molecule has 1 N–H and O–H groups in total. The van der Waals surface area contributed by atoms with Crippen LogP contribution in [0.5, 0.6) is 0 Å². The molecule has 0 amide bonds. The number of thiocarbonyl (C=S) groups is 1. The summed E-state index contributed by atoms with van der Waals surface area (Å²) in [6, 6.07) is 11.9. The van der Waals surface area contributed by atoms with Crippen molar-refractivity contribution in [3.63, 3.8) is 0 Å². The van der Waals surface area contributed by atoms with Crippen LogP contribution in [-0.2, 0) is 0 Å². The van der Waals surface area contributed by atoms with Crippen molar-refractivity contribution in [3.8, 4) is 0 Å². The van der Waals surface area contributed by atoms with Gasteiger partial charge in [0, 0.05) is 38.6 Å². The molecule has 2 aromatic rings. The van der Waals surface area contributed by atoms with Crippen LogP contribution in [0.15, 0.2) is 53.9 Å². The standard InChI is InChI=1S/C19H24N6S/c1-2-7-17(16-8-3-5-10-20-16)22-23-19(26)25-14-12-24(13-15-25)18-9-4-6-11-21-18/h3-6,8-11H,2,7,12-15H2,1H3,(H,23,26)/b22-17+. The van der Waals surface area contributed by atoms with Gasteiger partial charge in [0.05, 0.1) is 11.4 Å². The normalized spacial score (nSPS) is 15.0. The number of aromatic nitrogens is 2. The monoisotopic (exact) mass is 368 g/mol. The van der Waals surface area contributed by atoms with E-state index in [1.165, 1.54) is 0 Å². The molecule has 1 aliphatic heterocycles. The van der Waals surface area contributed by atoms with Crippen LogP contribution in [0, 0.1) is 0 Å². The van der Waals surface area contributed by atoms with Crippen LogP contribution in [0.25, 0.3) is 0 Å². The quantitative estimate of drug-likeness (QED) is 0.497. The van der Waals surface area contributed by atoms with Crippen LogP contribution < -0.4 is 10.3 Å². The summed E-state index contributed by atoms with van der Waals surface area (Å²) in [6.45, 7) is 5.62. The Morgan fingerprint density at radius 3 is 2.42 bits per heavy atom. The Morgan fingerprint density at radius 2 is 1.81 bits per heavy atom. The van der Waals surface area contributed by atoms with Crippen molar-refractivity contribution in [1.29, 1.82) is 0 Å². The lowest BCUT2D eigenvalue weighted by Crippen LogP contribution is -2.51. The molecule has 1 fully saturated rings. The minimum absolute atomic E-state index is 0.662. The highest BCUT2D eigenvalue weighted by Gasteiger charge is 2.19. The molecule has 1 saturated heterocycles. The Kier molecular flexibility index (Phi) is 6.49. The zero-order chi connectivity index (χ0) is 18.2. The van der Waals surface area contributed by atoms with E-state index in [1.807, 2.05) is 42.6 Å². The molecule has 7 heteroatoms. The predicted octanol–water partition coefficient (Wildman–Crippen LogP) is 2.68. The van der Waals surface area contributed by atoms with Crippen molar-refractivity contribution in [1.82, 2.24) is 20.3 Å². The summed E-state index contributed by atoms with van der Waals surface area (Å²) < 4.78 is 0. The highest BCUT2D eigenvalue weighted by atomic mass is 32.1. The molecule has 0 saturated carbocycles. The van der Waals surface area contributed by atoms with Gasteiger partial charge in [-0.25, -0.2) is 4.98 Å². The molecule has 0 aliphatic carbocycles. The third-order valence-corrected chi connectivity index (χ3v) is 4.62. The largest absolute Gasteiger partial charge is 0.353 e. The van der Waals surface area contributed by atoms with Crippen LogP contribution in [0.3, 0.4) is 0 Å². The fourth-order valence-electron chi connectivity index (χ4n) is 2.88. The van der Waals surface area contributed by atoms with Crippen LogP contribution in [0.2, 0.25) is 0 Å². The number of rotatable bonds is 5. The molecule has 3 heterocycles. The predicted molar refractivity (Wildman–Crippen MR) is 109 cm³/mol. The summed E-state index contributed by atoms with van der Waals surface area (Å²) >= 11 is 5.53. The lowest BCUT2D eigenvalue weighted by atomic mass is 10.1. The minimum Gasteiger partial charge on any atom is -0.353 e. The Labute approximate surface area is 160 Å². The van der Waals surface area contributed by atoms with Crippen molar-refractivity contribution >= 4 is 28.9 Å². The maximum atomic E-state index is 5.53. The fraction of sp³-hybridized carbons (Fsp3) is 0.368. The Bertz CT molecular complexity index is 726. The Hall–Kier alpha value is -2.54. The molecule has 0 aromatic carbocycles. The topological polar surface area (TPSA) is 56.7 Å². The molecule has 3 rings (SSSR count). The van der Waals surface area contributed by atoms with Gasteiger partial charge in [0.15, 0.2) is 5.11 Å². The van der Waals surface area contributed by atoms with Gasteiger partial charge in [0.2, 0.25) is 0 Å². The molecule has 2 aromatic heterocycles. The van der Waals surface area contributed by atoms with Gasteiger partial charge in [0.25, 0.3) is 0 Å². The van der Waals surface area contributed by atoms with Gasteiger partial charge in [-0.15, -0.1) is 0 Å². The third-order valence-electron chi connectivity index (χ3n) is 4.27. The summed E-state index contributed by atoms with van der Waals surface area (Å²) in [5.74, 6) is 1.02. The van der Waals surface area contributed by atoms with Crippen LogP contribution in [-0.4, -0.2) is 51.9 Å². The number of nitrogens with one attached hydrogen (secondary N) is 1. The highest BCUT2D eigenvalue weighted by Crippen LogP contribution is 2.12. The first-order valence-corrected chi connectivity index (χ1v) is 9.37. The first kappa shape index (κ1) is 18.3. The maximum Gasteiger partial charge on any atom is 0.189 e. The third kappa shape index (κ3) is 4.76. The minimum atomic E-state index is 0.662. The number of piperazine rings is 1. The molecule has 1 aliphatic rings. The lowest BCUT2D eigenvalue weighted by Gasteiger charge is -2.36. The molecular formula is C19H24N6S. The number of anilines is 1. The molecule has 0 spiro atoms. The second-order valence-electron chi connectivity index (χ2n) is 6.10. The second kappa shape index (κ2) is 9.24. The van der Waals surface area contributed by atoms with E-state index in [4.69, 9.17) is 12.2 Å². The molecular weight excluding hydrogens is 344 g/mol. The molecule has 26 heavy (non-hydrogen) atoms. The highest BCUT2D eigenvalue weighted by molar-refractivity contribution is 7.80. The Balaban J connectivity index is 1.56. The second-order valence-corrected chi connectivity index (χ2v) is 6.49. The van der Waals surface area contributed by atoms with Crippen LogP contribution in [0.4, 0.5) is 5.82 Å². The maximum absolute atomic E-state index is 5.53. The van der Waals surface area contributed by atoms with E-state index in [1.54, 1.807) is 6.20 Å². The SMILES string of the molecule is CCC/C(=N\NC(=S)N1CCN(c2ccccn2)CC1)c1ccccn1. The Morgan fingerprint density at radius 1 is 1.08 bits per heavy atom. The van der Waals surface area contributed by atoms with Crippen molar-refractivity contribution in [2.75, 3.05) is 31.1 Å². The van der Waals surface area contributed by atoms with Crippen molar-refractivity contribution < 1.29 is 0 Å². The number of hydrazone groups is 1. The number of hydrogen-bond acceptors (Lipinski definition) is 5. The average molecular weight is 369 g/mol. The van der Waals surface area contributed by atoms with E-state index >= 15 is 0 Å². The van der Waals surface area contributed by atoms with Crippen molar-refractivity contribution in [3.05, 3.63) is 54.5 Å². The summed E-state index contributed by atoms with van der Waals surface area (Å²) in [5.41, 5.74) is 4.89. The van der Waals surface area contributed by atoms with E-state index in [0.717, 1.165) is 56.2 Å². The molecule has 0 atom stereocenters. The summed E-state index contributed by atoms with van der Waals surface area (Å²) in [5, 5.41) is 5.19. The van der Waals surface area contributed by atoms with E-state index in [-0.39, 0.29) is 0 Å². The van der Waals surface area contributed by atoms with E-state index in [9.17, 15) is 0 Å². The lowest BCUT2D eigenvalue weighted by molar-refractivity contribution is 0.380. The van der Waals surface area contributed by atoms with E-state index < -0.39 is 0 Å². The van der Waals surface area contributed by atoms with Gasteiger partial charge in [-0.05, 0) is 42.9 Å². The smallest absolute Gasteiger partial charge is 0.189 e. The van der Waals surface area contributed by atoms with Crippen LogP contribution >= 0.6 is 12.2 Å². The van der Waals surface area contributed by atoms with Crippen molar-refractivity contribution in [2.45, 2.75) is 19.8 Å². The number of nitrogens with zero attached hydrogens (tertiary/aromatic N) is 5. The zero-order valence-electron chi connectivity index (χ0n) is 15.0. The molecule has 136 valence electrons. The van der Waals surface area contributed by atoms with Gasteiger partial charge in [-0.3, -0.25) is 10.4 Å². The van der Waals surface area contributed by atoms with Crippen molar-refractivity contribution in [2.24, 2.45) is 5.10 Å². The number of pyridine rings is 2. The summed E-state index contributed by atoms with van der Waals surface area (Å²) in [6.07, 6.45) is 5.48. The first-order chi connectivity index (χ1) is 12.8. The zero-order valence-corrected chi connectivity index (χ0v) is 15.8. The van der Waals surface area contributed by atoms with E-state index in [2.05, 4.69) is 37.2 Å². The molecule has 6 nitrogen and oxygen atoms in total. The fourth-order valence-corrected chi connectivity index (χ4v) is 3.11.